The Morgan fingerprint density at radius 2 is 1.90 bits per heavy atom. The summed E-state index contributed by atoms with van der Waals surface area (Å²) in [6.45, 7) is 2.26. The summed E-state index contributed by atoms with van der Waals surface area (Å²) in [5.74, 6) is -0.727. The van der Waals surface area contributed by atoms with Crippen LogP contribution in [0.3, 0.4) is 0 Å². The number of carbonyl (C=O) groups is 2. The lowest BCUT2D eigenvalue weighted by molar-refractivity contribution is -0.141. The second kappa shape index (κ2) is 8.16. The van der Waals surface area contributed by atoms with E-state index in [1.807, 2.05) is 0 Å². The van der Waals surface area contributed by atoms with Crippen molar-refractivity contribution in [2.45, 2.75) is 19.4 Å². The van der Waals surface area contributed by atoms with Crippen LogP contribution >= 0.6 is 0 Å². The van der Waals surface area contributed by atoms with E-state index in [1.54, 1.807) is 31.4 Å². The maximum absolute atomic E-state index is 11.0. The fourth-order valence-electron chi connectivity index (χ4n) is 1.65. The Balaban J connectivity index is 2.58. The van der Waals surface area contributed by atoms with Crippen molar-refractivity contribution in [1.29, 1.82) is 0 Å². The predicted octanol–water partition coefficient (Wildman–Crippen LogP) is 0.844. The first-order valence-electron chi connectivity index (χ1n) is 6.23. The Morgan fingerprint density at radius 1 is 1.25 bits per heavy atom. The number of nitrogens with one attached hydrogen (secondary N) is 1. The molecule has 110 valence electrons. The van der Waals surface area contributed by atoms with E-state index in [2.05, 4.69) is 5.32 Å². The molecule has 0 aromatic heterocycles. The van der Waals surface area contributed by atoms with Crippen molar-refractivity contribution in [3.8, 4) is 5.75 Å². The van der Waals surface area contributed by atoms with Crippen LogP contribution in [0, 0.1) is 0 Å². The summed E-state index contributed by atoms with van der Waals surface area (Å²) in [6.07, 6.45) is 0.229. The third-order valence-corrected chi connectivity index (χ3v) is 2.59. The summed E-state index contributed by atoms with van der Waals surface area (Å²) < 4.78 is 10.3. The summed E-state index contributed by atoms with van der Waals surface area (Å²) >= 11 is 0. The minimum absolute atomic E-state index is 0.229. The van der Waals surface area contributed by atoms with Gasteiger partial charge in [-0.3, -0.25) is 4.79 Å². The van der Waals surface area contributed by atoms with E-state index < -0.39 is 12.0 Å². The molecule has 0 spiro atoms. The SMILES string of the molecule is COCCOc1ccc(CC(NC(C)=O)C(=O)O)cc1. The number of hydrogen-bond acceptors (Lipinski definition) is 4. The van der Waals surface area contributed by atoms with Crippen LogP contribution in [0.15, 0.2) is 24.3 Å². The van der Waals surface area contributed by atoms with Crippen molar-refractivity contribution in [3.63, 3.8) is 0 Å². The lowest BCUT2D eigenvalue weighted by Crippen LogP contribution is -2.41. The van der Waals surface area contributed by atoms with Crippen LogP contribution in [0.4, 0.5) is 0 Å². The highest BCUT2D eigenvalue weighted by molar-refractivity contribution is 5.82. The molecule has 0 aliphatic carbocycles. The minimum atomic E-state index is -1.05. The van der Waals surface area contributed by atoms with Gasteiger partial charge in [0.05, 0.1) is 6.61 Å². The molecule has 1 aromatic rings. The van der Waals surface area contributed by atoms with Gasteiger partial charge >= 0.3 is 5.97 Å². The standard InChI is InChI=1S/C14H19NO5/c1-10(16)15-13(14(17)18)9-11-3-5-12(6-4-11)20-8-7-19-2/h3-6,13H,7-9H2,1-2H3,(H,15,16)(H,17,18). The number of carboxylic acid groups (broad SMARTS) is 1. The third kappa shape index (κ3) is 5.71. The van der Waals surface area contributed by atoms with Crippen LogP contribution in [0.2, 0.25) is 0 Å². The second-order valence-electron chi connectivity index (χ2n) is 4.28. The zero-order valence-electron chi connectivity index (χ0n) is 11.6. The predicted molar refractivity (Wildman–Crippen MR) is 72.8 cm³/mol. The first-order chi connectivity index (χ1) is 9.52. The highest BCUT2D eigenvalue weighted by atomic mass is 16.5. The van der Waals surface area contributed by atoms with Crippen LogP contribution < -0.4 is 10.1 Å². The molecule has 6 nitrogen and oxygen atoms in total. The number of rotatable bonds is 8. The van der Waals surface area contributed by atoms with Gasteiger partial charge in [0.15, 0.2) is 0 Å². The van der Waals surface area contributed by atoms with E-state index in [-0.39, 0.29) is 12.3 Å². The monoisotopic (exact) mass is 281 g/mol. The Bertz CT molecular complexity index is 443. The minimum Gasteiger partial charge on any atom is -0.491 e. The summed E-state index contributed by atoms with van der Waals surface area (Å²) in [7, 11) is 1.60. The van der Waals surface area contributed by atoms with Gasteiger partial charge in [-0.05, 0) is 17.7 Å². The molecular formula is C14H19NO5. The molecule has 20 heavy (non-hydrogen) atoms. The number of carbonyl (C=O) groups excluding carboxylic acids is 1. The largest absolute Gasteiger partial charge is 0.491 e. The maximum Gasteiger partial charge on any atom is 0.326 e. The Morgan fingerprint density at radius 3 is 2.40 bits per heavy atom. The number of hydrogen-bond donors (Lipinski definition) is 2. The number of carboxylic acids is 1. The van der Waals surface area contributed by atoms with Crippen LogP contribution in [-0.4, -0.2) is 43.3 Å². The molecule has 0 heterocycles. The van der Waals surface area contributed by atoms with E-state index in [4.69, 9.17) is 14.6 Å². The molecule has 1 amide bonds. The normalized spacial score (nSPS) is 11.7. The van der Waals surface area contributed by atoms with Crippen molar-refractivity contribution < 1.29 is 24.2 Å². The van der Waals surface area contributed by atoms with Gasteiger partial charge in [0.25, 0.3) is 0 Å². The number of ether oxygens (including phenoxy) is 2. The second-order valence-corrected chi connectivity index (χ2v) is 4.28. The first-order valence-corrected chi connectivity index (χ1v) is 6.23. The van der Waals surface area contributed by atoms with Gasteiger partial charge in [0.1, 0.15) is 18.4 Å². The van der Waals surface area contributed by atoms with E-state index in [9.17, 15) is 9.59 Å². The molecule has 0 fully saturated rings. The maximum atomic E-state index is 11.0. The van der Waals surface area contributed by atoms with Gasteiger partial charge in [0, 0.05) is 20.5 Å². The lowest BCUT2D eigenvalue weighted by Gasteiger charge is -2.13. The molecule has 1 rings (SSSR count). The number of benzene rings is 1. The molecule has 0 saturated carbocycles. The molecule has 0 aliphatic heterocycles. The summed E-state index contributed by atoms with van der Waals surface area (Å²) in [5.41, 5.74) is 0.810. The summed E-state index contributed by atoms with van der Waals surface area (Å²) in [5, 5.41) is 11.4. The van der Waals surface area contributed by atoms with Gasteiger partial charge in [-0.15, -0.1) is 0 Å². The Labute approximate surface area is 117 Å². The average molecular weight is 281 g/mol. The zero-order chi connectivity index (χ0) is 15.0. The van der Waals surface area contributed by atoms with Crippen molar-refractivity contribution in [2.24, 2.45) is 0 Å². The molecular weight excluding hydrogens is 262 g/mol. The number of aliphatic carboxylic acids is 1. The molecule has 0 aliphatic rings. The van der Waals surface area contributed by atoms with E-state index >= 15 is 0 Å². The molecule has 2 N–H and O–H groups in total. The van der Waals surface area contributed by atoms with Crippen LogP contribution in [0.1, 0.15) is 12.5 Å². The Hall–Kier alpha value is -2.08. The third-order valence-electron chi connectivity index (χ3n) is 2.59. The molecule has 1 atom stereocenters. The number of methoxy groups -OCH3 is 1. The van der Waals surface area contributed by atoms with E-state index in [0.717, 1.165) is 5.56 Å². The van der Waals surface area contributed by atoms with Gasteiger partial charge < -0.3 is 19.9 Å². The van der Waals surface area contributed by atoms with Gasteiger partial charge in [-0.2, -0.15) is 0 Å². The van der Waals surface area contributed by atoms with E-state index in [1.165, 1.54) is 6.92 Å². The smallest absolute Gasteiger partial charge is 0.326 e. The van der Waals surface area contributed by atoms with Crippen molar-refractivity contribution in [3.05, 3.63) is 29.8 Å². The Kier molecular flexibility index (Phi) is 6.52. The lowest BCUT2D eigenvalue weighted by atomic mass is 10.1. The molecule has 0 bridgehead atoms. The number of amides is 1. The van der Waals surface area contributed by atoms with Crippen molar-refractivity contribution in [1.82, 2.24) is 5.32 Å². The first kappa shape index (κ1) is 16.0. The fourth-order valence-corrected chi connectivity index (χ4v) is 1.65. The molecule has 0 radical (unpaired) electrons. The van der Waals surface area contributed by atoms with Gasteiger partial charge in [-0.25, -0.2) is 4.79 Å². The van der Waals surface area contributed by atoms with Crippen molar-refractivity contribution in [2.75, 3.05) is 20.3 Å². The van der Waals surface area contributed by atoms with Crippen LogP contribution in [0.25, 0.3) is 0 Å². The molecule has 1 unspecified atom stereocenters. The highest BCUT2D eigenvalue weighted by Crippen LogP contribution is 2.13. The molecule has 6 heteroatoms. The van der Waals surface area contributed by atoms with Crippen LogP contribution in [-0.2, 0) is 20.7 Å². The molecule has 1 aromatic carbocycles. The van der Waals surface area contributed by atoms with Crippen LogP contribution in [0.5, 0.6) is 5.75 Å². The van der Waals surface area contributed by atoms with Gasteiger partial charge in [-0.1, -0.05) is 12.1 Å². The summed E-state index contributed by atoms with van der Waals surface area (Å²) in [4.78, 5) is 22.0. The molecule has 0 saturated heterocycles. The fraction of sp³-hybridized carbons (Fsp3) is 0.429. The average Bonchev–Trinajstić information content (AvgIpc) is 2.39. The van der Waals surface area contributed by atoms with E-state index in [0.29, 0.717) is 19.0 Å². The topological polar surface area (TPSA) is 84.9 Å². The zero-order valence-corrected chi connectivity index (χ0v) is 11.6. The quantitative estimate of drug-likeness (QED) is 0.690. The van der Waals surface area contributed by atoms with Crippen molar-refractivity contribution >= 4 is 11.9 Å². The summed E-state index contributed by atoms with van der Waals surface area (Å²) in [6, 6.07) is 6.16. The van der Waals surface area contributed by atoms with Gasteiger partial charge in [0.2, 0.25) is 5.91 Å². The highest BCUT2D eigenvalue weighted by Gasteiger charge is 2.18.